The fourth-order valence-electron chi connectivity index (χ4n) is 4.33. The highest BCUT2D eigenvalue weighted by Crippen LogP contribution is 2.36. The third-order valence-corrected chi connectivity index (χ3v) is 11.0. The Morgan fingerprint density at radius 1 is 0.590 bits per heavy atom. The summed E-state index contributed by atoms with van der Waals surface area (Å²) in [6, 6.07) is 21.2. The van der Waals surface area contributed by atoms with E-state index in [0.29, 0.717) is 59.5 Å². The lowest BCUT2D eigenvalue weighted by molar-refractivity contribution is -0.156. The second-order valence-corrected chi connectivity index (χ2v) is 15.6. The number of benzene rings is 2. The summed E-state index contributed by atoms with van der Waals surface area (Å²) in [5.74, 6) is -0.256. The van der Waals surface area contributed by atoms with Gasteiger partial charge in [0.25, 0.3) is 8.32 Å². The van der Waals surface area contributed by atoms with Gasteiger partial charge in [-0.2, -0.15) is 0 Å². The molecular formula is C31H48O7Si. The lowest BCUT2D eigenvalue weighted by atomic mass is 10.2. The van der Waals surface area contributed by atoms with Gasteiger partial charge < -0.3 is 28.1 Å². The van der Waals surface area contributed by atoms with Crippen LogP contribution in [-0.2, 0) is 32.9 Å². The first kappa shape index (κ1) is 33.1. The predicted octanol–water partition coefficient (Wildman–Crippen LogP) is 4.36. The normalized spacial score (nSPS) is 12.5. The summed E-state index contributed by atoms with van der Waals surface area (Å²) >= 11 is 0. The average molecular weight is 561 g/mol. The third-order valence-electron chi connectivity index (χ3n) is 5.95. The van der Waals surface area contributed by atoms with E-state index in [1.807, 2.05) is 32.9 Å². The zero-order chi connectivity index (χ0) is 28.6. The SMILES string of the molecule is CC(C)(C)OC(=O)CCOCCOCCOCCOCCO[Si](c1ccccc1)(c1ccccc1)C(C)(C)C. The molecule has 0 fully saturated rings. The van der Waals surface area contributed by atoms with Gasteiger partial charge in [-0.15, -0.1) is 0 Å². The van der Waals surface area contributed by atoms with Crippen molar-refractivity contribution in [1.82, 2.24) is 0 Å². The largest absolute Gasteiger partial charge is 0.460 e. The summed E-state index contributed by atoms with van der Waals surface area (Å²) in [6.07, 6.45) is 0.239. The Kier molecular flexibility index (Phi) is 14.4. The number of esters is 1. The molecule has 0 unspecified atom stereocenters. The van der Waals surface area contributed by atoms with E-state index in [2.05, 4.69) is 69.3 Å². The van der Waals surface area contributed by atoms with Crippen LogP contribution in [0.5, 0.6) is 0 Å². The smallest absolute Gasteiger partial charge is 0.308 e. The van der Waals surface area contributed by atoms with Gasteiger partial charge in [0.2, 0.25) is 0 Å². The minimum atomic E-state index is -2.53. The molecular weight excluding hydrogens is 512 g/mol. The van der Waals surface area contributed by atoms with Crippen LogP contribution in [0.4, 0.5) is 0 Å². The van der Waals surface area contributed by atoms with Gasteiger partial charge in [0.15, 0.2) is 0 Å². The number of ether oxygens (including phenoxy) is 5. The van der Waals surface area contributed by atoms with Crippen LogP contribution in [0.15, 0.2) is 60.7 Å². The third kappa shape index (κ3) is 11.9. The van der Waals surface area contributed by atoms with Gasteiger partial charge in [-0.1, -0.05) is 81.4 Å². The standard InChI is InChI=1S/C31H48O7Si/c1-30(2,3)38-29(32)17-18-33-19-20-34-21-22-35-23-24-36-25-26-37-39(31(4,5)6,27-13-9-7-10-14-27)28-15-11-8-12-16-28/h7-16H,17-26H2,1-6H3. The van der Waals surface area contributed by atoms with E-state index in [-0.39, 0.29) is 17.4 Å². The Balaban J connectivity index is 1.60. The zero-order valence-electron chi connectivity index (χ0n) is 24.7. The van der Waals surface area contributed by atoms with Gasteiger partial charge in [0.1, 0.15) is 5.60 Å². The maximum Gasteiger partial charge on any atom is 0.308 e. The molecule has 0 aliphatic heterocycles. The minimum absolute atomic E-state index is 0.0536. The van der Waals surface area contributed by atoms with Gasteiger partial charge in [-0.25, -0.2) is 0 Å². The molecule has 0 atom stereocenters. The quantitative estimate of drug-likeness (QED) is 0.152. The van der Waals surface area contributed by atoms with Gasteiger partial charge in [-0.05, 0) is 36.2 Å². The van der Waals surface area contributed by atoms with Crippen molar-refractivity contribution < 1.29 is 32.9 Å². The Bertz CT molecular complexity index is 884. The molecule has 0 heterocycles. The van der Waals surface area contributed by atoms with Crippen molar-refractivity contribution in [3.63, 3.8) is 0 Å². The number of carbonyl (C=O) groups excluding carboxylic acids is 1. The lowest BCUT2D eigenvalue weighted by Crippen LogP contribution is -2.66. The van der Waals surface area contributed by atoms with Gasteiger partial charge in [0, 0.05) is 0 Å². The average Bonchev–Trinajstić information content (AvgIpc) is 2.88. The first-order chi connectivity index (χ1) is 18.6. The predicted molar refractivity (Wildman–Crippen MR) is 157 cm³/mol. The molecule has 0 N–H and O–H groups in total. The molecule has 2 aromatic rings. The highest BCUT2D eigenvalue weighted by molar-refractivity contribution is 6.99. The van der Waals surface area contributed by atoms with Crippen LogP contribution >= 0.6 is 0 Å². The van der Waals surface area contributed by atoms with Crippen LogP contribution in [0.25, 0.3) is 0 Å². The van der Waals surface area contributed by atoms with Crippen molar-refractivity contribution in [2.24, 2.45) is 0 Å². The Labute approximate surface area is 236 Å². The summed E-state index contributed by atoms with van der Waals surface area (Å²) in [4.78, 5) is 11.6. The molecule has 218 valence electrons. The van der Waals surface area contributed by atoms with E-state index in [4.69, 9.17) is 28.1 Å². The summed E-state index contributed by atoms with van der Waals surface area (Å²) in [7, 11) is -2.53. The molecule has 2 rings (SSSR count). The van der Waals surface area contributed by atoms with Gasteiger partial charge in [0.05, 0.1) is 65.9 Å². The van der Waals surface area contributed by atoms with E-state index in [1.54, 1.807) is 0 Å². The molecule has 0 saturated carbocycles. The van der Waals surface area contributed by atoms with E-state index in [1.165, 1.54) is 10.4 Å². The molecule has 0 aliphatic rings. The number of hydrogen-bond acceptors (Lipinski definition) is 7. The van der Waals surface area contributed by atoms with Crippen LogP contribution in [-0.4, -0.2) is 79.3 Å². The molecule has 2 aromatic carbocycles. The monoisotopic (exact) mass is 560 g/mol. The van der Waals surface area contributed by atoms with Crippen LogP contribution in [0.2, 0.25) is 5.04 Å². The molecule has 0 bridgehead atoms. The Morgan fingerprint density at radius 2 is 0.974 bits per heavy atom. The first-order valence-electron chi connectivity index (χ1n) is 13.8. The summed E-state index contributed by atoms with van der Waals surface area (Å²) < 4.78 is 34.4. The lowest BCUT2D eigenvalue weighted by Gasteiger charge is -2.43. The maximum absolute atomic E-state index is 11.6. The van der Waals surface area contributed by atoms with E-state index >= 15 is 0 Å². The Hall–Kier alpha value is -2.07. The molecule has 8 heteroatoms. The number of rotatable bonds is 18. The minimum Gasteiger partial charge on any atom is -0.460 e. The van der Waals surface area contributed by atoms with E-state index in [0.717, 1.165) is 0 Å². The van der Waals surface area contributed by atoms with E-state index in [9.17, 15) is 4.79 Å². The first-order valence-corrected chi connectivity index (χ1v) is 15.7. The molecule has 0 radical (unpaired) electrons. The fraction of sp³-hybridized carbons (Fsp3) is 0.581. The molecule has 0 aromatic heterocycles. The highest BCUT2D eigenvalue weighted by Gasteiger charge is 2.49. The van der Waals surface area contributed by atoms with Crippen molar-refractivity contribution in [1.29, 1.82) is 0 Å². The van der Waals surface area contributed by atoms with Crippen molar-refractivity contribution >= 4 is 24.7 Å². The number of hydrogen-bond donors (Lipinski definition) is 0. The van der Waals surface area contributed by atoms with Crippen molar-refractivity contribution in [3.8, 4) is 0 Å². The van der Waals surface area contributed by atoms with Gasteiger partial charge >= 0.3 is 5.97 Å². The van der Waals surface area contributed by atoms with E-state index < -0.39 is 13.9 Å². The molecule has 39 heavy (non-hydrogen) atoms. The van der Waals surface area contributed by atoms with Crippen LogP contribution in [0.1, 0.15) is 48.0 Å². The van der Waals surface area contributed by atoms with Crippen LogP contribution in [0, 0.1) is 0 Å². The van der Waals surface area contributed by atoms with Gasteiger partial charge in [-0.3, -0.25) is 4.79 Å². The molecule has 0 spiro atoms. The Morgan fingerprint density at radius 3 is 1.36 bits per heavy atom. The van der Waals surface area contributed by atoms with Crippen LogP contribution < -0.4 is 10.4 Å². The van der Waals surface area contributed by atoms with Crippen molar-refractivity contribution in [2.75, 3.05) is 59.5 Å². The molecule has 0 saturated heterocycles. The maximum atomic E-state index is 11.6. The summed E-state index contributed by atoms with van der Waals surface area (Å²) in [5.41, 5.74) is -0.469. The van der Waals surface area contributed by atoms with Crippen LogP contribution in [0.3, 0.4) is 0 Å². The molecule has 7 nitrogen and oxygen atoms in total. The second kappa shape index (κ2) is 16.9. The summed E-state index contributed by atoms with van der Waals surface area (Å²) in [6.45, 7) is 16.5. The number of carbonyl (C=O) groups is 1. The summed E-state index contributed by atoms with van der Waals surface area (Å²) in [5, 5.41) is 2.48. The van der Waals surface area contributed by atoms with Crippen molar-refractivity contribution in [2.45, 2.75) is 58.6 Å². The topological polar surface area (TPSA) is 72.5 Å². The fourth-order valence-corrected chi connectivity index (χ4v) is 8.87. The zero-order valence-corrected chi connectivity index (χ0v) is 25.7. The second-order valence-electron chi connectivity index (χ2n) is 11.3. The van der Waals surface area contributed by atoms with Crippen molar-refractivity contribution in [3.05, 3.63) is 60.7 Å². The molecule has 0 aliphatic carbocycles. The highest BCUT2D eigenvalue weighted by atomic mass is 28.4. The molecule has 0 amide bonds.